The van der Waals surface area contributed by atoms with Gasteiger partial charge in [0.1, 0.15) is 5.76 Å². The minimum atomic E-state index is -0.633. The first-order chi connectivity index (χ1) is 6.18. The molecule has 13 heavy (non-hydrogen) atoms. The average Bonchev–Trinajstić information content (AvgIpc) is 2.62. The molecule has 4 heteroatoms. The van der Waals surface area contributed by atoms with E-state index in [0.717, 1.165) is 24.4 Å². The summed E-state index contributed by atoms with van der Waals surface area (Å²) >= 11 is 0. The van der Waals surface area contributed by atoms with Gasteiger partial charge in [-0.05, 0) is 19.9 Å². The van der Waals surface area contributed by atoms with Crippen molar-refractivity contribution in [3.05, 3.63) is 17.5 Å². The van der Waals surface area contributed by atoms with Crippen LogP contribution in [0.25, 0.3) is 0 Å². The van der Waals surface area contributed by atoms with E-state index in [0.29, 0.717) is 13.0 Å². The second-order valence-electron chi connectivity index (χ2n) is 3.76. The maximum atomic E-state index is 10.0. The number of aliphatic hydroxyl groups is 1. The van der Waals surface area contributed by atoms with E-state index in [1.165, 1.54) is 0 Å². The summed E-state index contributed by atoms with van der Waals surface area (Å²) in [6, 6.07) is 1.87. The number of aryl methyl sites for hydroxylation is 1. The van der Waals surface area contributed by atoms with Crippen molar-refractivity contribution in [2.45, 2.75) is 25.4 Å². The third kappa shape index (κ3) is 1.89. The number of aromatic nitrogens is 1. The summed E-state index contributed by atoms with van der Waals surface area (Å²) in [5.74, 6) is 0.767. The van der Waals surface area contributed by atoms with E-state index in [9.17, 15) is 5.11 Å². The third-order valence-electron chi connectivity index (χ3n) is 2.40. The zero-order valence-corrected chi connectivity index (χ0v) is 7.71. The Morgan fingerprint density at radius 3 is 3.15 bits per heavy atom. The van der Waals surface area contributed by atoms with Crippen molar-refractivity contribution in [1.29, 1.82) is 0 Å². The number of hydrogen-bond acceptors (Lipinski definition) is 4. The summed E-state index contributed by atoms with van der Waals surface area (Å²) in [5.41, 5.74) is 0.232. The van der Waals surface area contributed by atoms with E-state index in [4.69, 9.17) is 4.52 Å². The Balaban J connectivity index is 2.04. The van der Waals surface area contributed by atoms with Crippen LogP contribution in [-0.2, 0) is 6.42 Å². The van der Waals surface area contributed by atoms with Gasteiger partial charge in [-0.15, -0.1) is 0 Å². The molecular weight excluding hydrogens is 168 g/mol. The van der Waals surface area contributed by atoms with Gasteiger partial charge in [0.15, 0.2) is 0 Å². The molecule has 1 atom stereocenters. The van der Waals surface area contributed by atoms with Gasteiger partial charge in [0.05, 0.1) is 11.3 Å². The molecule has 2 N–H and O–H groups in total. The quantitative estimate of drug-likeness (QED) is 0.688. The lowest BCUT2D eigenvalue weighted by atomic mass is 9.97. The predicted octanol–water partition coefficient (Wildman–Crippen LogP) is 0.250. The normalized spacial score (nSPS) is 28.2. The van der Waals surface area contributed by atoms with Crippen molar-refractivity contribution in [1.82, 2.24) is 10.5 Å². The van der Waals surface area contributed by atoms with Crippen molar-refractivity contribution in [2.24, 2.45) is 0 Å². The average molecular weight is 182 g/mol. The van der Waals surface area contributed by atoms with Crippen LogP contribution in [-0.4, -0.2) is 29.0 Å². The Morgan fingerprint density at radius 1 is 1.77 bits per heavy atom. The maximum Gasteiger partial charge on any atom is 0.139 e. The predicted molar refractivity (Wildman–Crippen MR) is 47.4 cm³/mol. The first kappa shape index (κ1) is 8.72. The second kappa shape index (κ2) is 3.12. The van der Waals surface area contributed by atoms with Gasteiger partial charge in [-0.1, -0.05) is 5.16 Å². The highest BCUT2D eigenvalue weighted by atomic mass is 16.5. The first-order valence-corrected chi connectivity index (χ1v) is 4.53. The second-order valence-corrected chi connectivity index (χ2v) is 3.76. The fourth-order valence-electron chi connectivity index (χ4n) is 1.71. The first-order valence-electron chi connectivity index (χ1n) is 4.53. The van der Waals surface area contributed by atoms with E-state index < -0.39 is 5.60 Å². The lowest BCUT2D eigenvalue weighted by Crippen LogP contribution is -2.33. The molecule has 1 aliphatic heterocycles. The molecule has 0 spiro atoms. The molecule has 1 unspecified atom stereocenters. The number of rotatable bonds is 2. The fourth-order valence-corrected chi connectivity index (χ4v) is 1.71. The SMILES string of the molecule is Cc1cc(CC2(O)CCNC2)on1. The van der Waals surface area contributed by atoms with Gasteiger partial charge >= 0.3 is 0 Å². The number of β-amino-alcohol motifs (C(OH)–C–C–N with tert-alkyl or cyclic N) is 1. The van der Waals surface area contributed by atoms with Gasteiger partial charge in [-0.25, -0.2) is 0 Å². The Hall–Kier alpha value is -0.870. The molecule has 1 saturated heterocycles. The highest BCUT2D eigenvalue weighted by molar-refractivity contribution is 5.07. The Morgan fingerprint density at radius 2 is 2.62 bits per heavy atom. The molecule has 0 aliphatic carbocycles. The van der Waals surface area contributed by atoms with Crippen molar-refractivity contribution in [3.8, 4) is 0 Å². The van der Waals surface area contributed by atoms with E-state index in [2.05, 4.69) is 10.5 Å². The smallest absolute Gasteiger partial charge is 0.139 e. The Kier molecular flexibility index (Phi) is 2.09. The molecule has 0 bridgehead atoms. The van der Waals surface area contributed by atoms with E-state index >= 15 is 0 Å². The zero-order valence-electron chi connectivity index (χ0n) is 7.71. The molecule has 1 aliphatic rings. The van der Waals surface area contributed by atoms with Crippen molar-refractivity contribution >= 4 is 0 Å². The number of nitrogens with one attached hydrogen (secondary N) is 1. The minimum absolute atomic E-state index is 0.556. The summed E-state index contributed by atoms with van der Waals surface area (Å²) < 4.78 is 5.05. The van der Waals surface area contributed by atoms with Gasteiger partial charge in [-0.2, -0.15) is 0 Å². The van der Waals surface area contributed by atoms with Gasteiger partial charge in [-0.3, -0.25) is 0 Å². The molecule has 2 rings (SSSR count). The highest BCUT2D eigenvalue weighted by Crippen LogP contribution is 2.20. The van der Waals surface area contributed by atoms with Gasteiger partial charge in [0, 0.05) is 19.0 Å². The molecule has 1 fully saturated rings. The Bertz CT molecular complexity index is 290. The molecule has 0 amide bonds. The molecule has 72 valence electrons. The van der Waals surface area contributed by atoms with Gasteiger partial charge in [0.2, 0.25) is 0 Å². The van der Waals surface area contributed by atoms with Crippen LogP contribution in [0, 0.1) is 6.92 Å². The number of nitrogens with zero attached hydrogens (tertiary/aromatic N) is 1. The molecule has 2 heterocycles. The van der Waals surface area contributed by atoms with Crippen LogP contribution in [0.5, 0.6) is 0 Å². The molecule has 1 aromatic rings. The molecule has 1 aromatic heterocycles. The van der Waals surface area contributed by atoms with Crippen molar-refractivity contribution in [2.75, 3.05) is 13.1 Å². The summed E-state index contributed by atoms with van der Waals surface area (Å²) in [6.45, 7) is 3.40. The fraction of sp³-hybridized carbons (Fsp3) is 0.667. The summed E-state index contributed by atoms with van der Waals surface area (Å²) in [5, 5.41) is 16.9. The summed E-state index contributed by atoms with van der Waals surface area (Å²) in [7, 11) is 0. The minimum Gasteiger partial charge on any atom is -0.388 e. The largest absolute Gasteiger partial charge is 0.388 e. The topological polar surface area (TPSA) is 58.3 Å². The van der Waals surface area contributed by atoms with E-state index in [1.807, 2.05) is 13.0 Å². The lowest BCUT2D eigenvalue weighted by molar-refractivity contribution is 0.0549. The molecule has 0 aromatic carbocycles. The van der Waals surface area contributed by atoms with Gasteiger partial charge < -0.3 is 14.9 Å². The molecule has 0 radical (unpaired) electrons. The number of hydrogen-bond donors (Lipinski definition) is 2. The Labute approximate surface area is 76.9 Å². The van der Waals surface area contributed by atoms with Crippen LogP contribution in [0.4, 0.5) is 0 Å². The van der Waals surface area contributed by atoms with Crippen LogP contribution < -0.4 is 5.32 Å². The molecule has 4 nitrogen and oxygen atoms in total. The maximum absolute atomic E-state index is 10.0. The van der Waals surface area contributed by atoms with Crippen molar-refractivity contribution in [3.63, 3.8) is 0 Å². The van der Waals surface area contributed by atoms with Crippen LogP contribution in [0.2, 0.25) is 0 Å². The third-order valence-corrected chi connectivity index (χ3v) is 2.40. The molecule has 0 saturated carbocycles. The standard InChI is InChI=1S/C9H14N2O2/c1-7-4-8(13-11-7)5-9(12)2-3-10-6-9/h4,10,12H,2-3,5-6H2,1H3. The van der Waals surface area contributed by atoms with Crippen LogP contribution in [0.3, 0.4) is 0 Å². The van der Waals surface area contributed by atoms with Crippen LogP contribution in [0.1, 0.15) is 17.9 Å². The zero-order chi connectivity index (χ0) is 9.31. The van der Waals surface area contributed by atoms with Crippen LogP contribution >= 0.6 is 0 Å². The van der Waals surface area contributed by atoms with E-state index in [-0.39, 0.29) is 0 Å². The summed E-state index contributed by atoms with van der Waals surface area (Å²) in [6.07, 6.45) is 1.34. The van der Waals surface area contributed by atoms with Crippen LogP contribution in [0.15, 0.2) is 10.6 Å². The molecular formula is C9H14N2O2. The summed E-state index contributed by atoms with van der Waals surface area (Å²) in [4.78, 5) is 0. The van der Waals surface area contributed by atoms with E-state index in [1.54, 1.807) is 0 Å². The highest BCUT2D eigenvalue weighted by Gasteiger charge is 2.32. The van der Waals surface area contributed by atoms with Gasteiger partial charge in [0.25, 0.3) is 0 Å². The lowest BCUT2D eigenvalue weighted by Gasteiger charge is -2.18. The van der Waals surface area contributed by atoms with Crippen molar-refractivity contribution < 1.29 is 9.63 Å². The monoisotopic (exact) mass is 182 g/mol.